The van der Waals surface area contributed by atoms with Crippen molar-refractivity contribution in [2.24, 2.45) is 12.0 Å². The third-order valence-electron chi connectivity index (χ3n) is 6.68. The number of allylic oxidation sites excluding steroid dienone is 1. The molecule has 31 heavy (non-hydrogen) atoms. The Balaban J connectivity index is 2.08. The summed E-state index contributed by atoms with van der Waals surface area (Å²) in [5.41, 5.74) is 3.36. The number of nitrogens with zero attached hydrogens (tertiary/aromatic N) is 2. The SMILES string of the molecule is CCC[CH2][Sn]([CH2]CCC)([CH2]CCC)[c]1cccc2c1N=CC2=Cc1[nH]c(=O)n(C)c1O. The van der Waals surface area contributed by atoms with Gasteiger partial charge < -0.3 is 0 Å². The molecule has 0 atom stereocenters. The number of fused-ring (bicyclic) bond motifs is 1. The number of H-pyrrole nitrogens is 1. The molecular formula is C25H37N3O2Sn. The van der Waals surface area contributed by atoms with E-state index in [1.54, 1.807) is 10.6 Å². The fourth-order valence-electron chi connectivity index (χ4n) is 4.77. The van der Waals surface area contributed by atoms with Gasteiger partial charge in [0.15, 0.2) is 0 Å². The van der Waals surface area contributed by atoms with Crippen molar-refractivity contribution >= 4 is 45.5 Å². The van der Waals surface area contributed by atoms with Gasteiger partial charge in [0.1, 0.15) is 0 Å². The average molecular weight is 530 g/mol. The molecule has 2 aromatic rings. The Bertz CT molecular complexity index is 994. The van der Waals surface area contributed by atoms with Gasteiger partial charge >= 0.3 is 191 Å². The first-order valence-corrected chi connectivity index (χ1v) is 19.3. The van der Waals surface area contributed by atoms with E-state index in [9.17, 15) is 9.90 Å². The van der Waals surface area contributed by atoms with Crippen LogP contribution in [-0.4, -0.2) is 39.2 Å². The second kappa shape index (κ2) is 10.7. The molecule has 2 heterocycles. The summed E-state index contributed by atoms with van der Waals surface area (Å²) in [6.45, 7) is 6.91. The summed E-state index contributed by atoms with van der Waals surface area (Å²) in [6, 6.07) is 6.70. The molecule has 1 aromatic heterocycles. The van der Waals surface area contributed by atoms with E-state index in [2.05, 4.69) is 44.0 Å². The molecule has 0 bridgehead atoms. The predicted octanol–water partition coefficient (Wildman–Crippen LogP) is 5.73. The van der Waals surface area contributed by atoms with Crippen molar-refractivity contribution in [1.82, 2.24) is 9.55 Å². The van der Waals surface area contributed by atoms with Gasteiger partial charge in [0.2, 0.25) is 0 Å². The van der Waals surface area contributed by atoms with Gasteiger partial charge in [-0.05, 0) is 0 Å². The van der Waals surface area contributed by atoms with Gasteiger partial charge in [0.05, 0.1) is 0 Å². The van der Waals surface area contributed by atoms with Crippen molar-refractivity contribution < 1.29 is 5.11 Å². The topological polar surface area (TPSA) is 70.4 Å². The van der Waals surface area contributed by atoms with E-state index in [-0.39, 0.29) is 11.6 Å². The summed E-state index contributed by atoms with van der Waals surface area (Å²) in [7, 11) is 1.56. The normalized spacial score (nSPS) is 14.5. The maximum atomic E-state index is 11.9. The minimum absolute atomic E-state index is 0.0436. The molecule has 0 spiro atoms. The summed E-state index contributed by atoms with van der Waals surface area (Å²) in [5.74, 6) is -0.0436. The predicted molar refractivity (Wildman–Crippen MR) is 135 cm³/mol. The molecule has 0 unspecified atom stereocenters. The third-order valence-corrected chi connectivity index (χ3v) is 22.3. The van der Waals surface area contributed by atoms with E-state index >= 15 is 0 Å². The summed E-state index contributed by atoms with van der Waals surface area (Å²) >= 11 is -2.62. The Kier molecular flexibility index (Phi) is 8.25. The molecule has 0 amide bonds. The van der Waals surface area contributed by atoms with Crippen LogP contribution in [0.4, 0.5) is 5.69 Å². The average Bonchev–Trinajstić information content (AvgIpc) is 3.30. The van der Waals surface area contributed by atoms with Crippen LogP contribution in [-0.2, 0) is 7.05 Å². The monoisotopic (exact) mass is 531 g/mol. The molecule has 1 aromatic carbocycles. The Labute approximate surface area is 190 Å². The molecular weight excluding hydrogens is 493 g/mol. The van der Waals surface area contributed by atoms with Crippen LogP contribution in [0.2, 0.25) is 13.3 Å². The minimum atomic E-state index is -2.62. The van der Waals surface area contributed by atoms with E-state index in [1.807, 2.05) is 12.3 Å². The van der Waals surface area contributed by atoms with E-state index in [4.69, 9.17) is 4.99 Å². The molecule has 0 fully saturated rings. The number of para-hydroxylation sites is 1. The molecule has 168 valence electrons. The molecule has 1 aliphatic heterocycles. The van der Waals surface area contributed by atoms with Gasteiger partial charge in [-0.1, -0.05) is 0 Å². The van der Waals surface area contributed by atoms with Crippen molar-refractivity contribution in [2.75, 3.05) is 0 Å². The number of hydrogen-bond donors (Lipinski definition) is 2. The fourth-order valence-corrected chi connectivity index (χ4v) is 21.3. The molecule has 5 nitrogen and oxygen atoms in total. The van der Waals surface area contributed by atoms with Crippen molar-refractivity contribution in [2.45, 2.75) is 72.6 Å². The molecule has 0 saturated heterocycles. The molecule has 0 saturated carbocycles. The first-order chi connectivity index (χ1) is 15.0. The number of rotatable bonds is 11. The number of aromatic hydroxyl groups is 1. The first-order valence-electron chi connectivity index (χ1n) is 11.8. The van der Waals surface area contributed by atoms with E-state index < -0.39 is 18.4 Å². The number of unbranched alkanes of at least 4 members (excludes halogenated alkanes) is 3. The van der Waals surface area contributed by atoms with Crippen LogP contribution in [0.3, 0.4) is 0 Å². The van der Waals surface area contributed by atoms with Crippen LogP contribution >= 0.6 is 0 Å². The van der Waals surface area contributed by atoms with Gasteiger partial charge in [0.25, 0.3) is 0 Å². The number of aromatic nitrogens is 2. The summed E-state index contributed by atoms with van der Waals surface area (Å²) in [4.78, 5) is 19.5. The zero-order chi connectivity index (χ0) is 22.4. The zero-order valence-corrected chi connectivity index (χ0v) is 22.4. The number of nitrogens with one attached hydrogen (secondary N) is 1. The van der Waals surface area contributed by atoms with Gasteiger partial charge in [-0.15, -0.1) is 0 Å². The van der Waals surface area contributed by atoms with Gasteiger partial charge in [-0.3, -0.25) is 0 Å². The third kappa shape index (κ3) is 5.02. The molecule has 3 rings (SSSR count). The maximum absolute atomic E-state index is 11.9. The Morgan fingerprint density at radius 1 is 1.06 bits per heavy atom. The fraction of sp³-hybridized carbons (Fsp3) is 0.520. The number of aliphatic imine (C=N–C) groups is 1. The van der Waals surface area contributed by atoms with Crippen molar-refractivity contribution in [3.05, 3.63) is 39.9 Å². The van der Waals surface area contributed by atoms with Gasteiger partial charge in [-0.2, -0.15) is 0 Å². The second-order valence-corrected chi connectivity index (χ2v) is 22.0. The Morgan fingerprint density at radius 2 is 1.68 bits per heavy atom. The van der Waals surface area contributed by atoms with Crippen LogP contribution in [0.25, 0.3) is 11.6 Å². The standard InChI is InChI=1S/C13H10N3O2.3C4H9.Sn/c1-16-12(17)11(15-13(16)18)6-8-7-14-10-5-3-2-4-9(8)10;3*1-3-4-2;/h2-4,6-7,17H,1H3,(H,15,18);3*1,3-4H2,2H3;. The summed E-state index contributed by atoms with van der Waals surface area (Å²) in [5, 5.41) is 10.3. The zero-order valence-electron chi connectivity index (χ0n) is 19.5. The Morgan fingerprint density at radius 3 is 2.19 bits per heavy atom. The van der Waals surface area contributed by atoms with E-state index in [0.29, 0.717) is 5.69 Å². The van der Waals surface area contributed by atoms with Gasteiger partial charge in [0, 0.05) is 0 Å². The van der Waals surface area contributed by atoms with Crippen molar-refractivity contribution in [1.29, 1.82) is 0 Å². The molecule has 6 heteroatoms. The van der Waals surface area contributed by atoms with Crippen LogP contribution in [0.15, 0.2) is 28.0 Å². The summed E-state index contributed by atoms with van der Waals surface area (Å²) in [6.07, 6.45) is 11.4. The van der Waals surface area contributed by atoms with E-state index in [1.165, 1.54) is 56.4 Å². The summed E-state index contributed by atoms with van der Waals surface area (Å²) < 4.78 is 7.01. The Hall–Kier alpha value is -1.76. The van der Waals surface area contributed by atoms with Crippen LogP contribution < -0.4 is 9.27 Å². The number of imidazole rings is 1. The second-order valence-electron chi connectivity index (χ2n) is 8.88. The van der Waals surface area contributed by atoms with Crippen LogP contribution in [0.5, 0.6) is 5.88 Å². The quantitative estimate of drug-likeness (QED) is 0.365. The number of benzene rings is 1. The number of aromatic amines is 1. The molecule has 1 aliphatic rings. The van der Waals surface area contributed by atoms with Crippen molar-refractivity contribution in [3.63, 3.8) is 0 Å². The number of hydrogen-bond acceptors (Lipinski definition) is 3. The molecule has 0 radical (unpaired) electrons. The van der Waals surface area contributed by atoms with E-state index in [0.717, 1.165) is 16.8 Å². The molecule has 2 N–H and O–H groups in total. The van der Waals surface area contributed by atoms with Gasteiger partial charge in [-0.25, -0.2) is 0 Å². The molecule has 0 aliphatic carbocycles. The van der Waals surface area contributed by atoms with Crippen LogP contribution in [0.1, 0.15) is 70.6 Å². The first kappa shape index (κ1) is 23.9. The van der Waals surface area contributed by atoms with Crippen molar-refractivity contribution in [3.8, 4) is 5.88 Å². The van der Waals surface area contributed by atoms with Crippen LogP contribution in [0, 0.1) is 0 Å².